The van der Waals surface area contributed by atoms with Crippen molar-refractivity contribution in [2.24, 2.45) is 0 Å². The normalized spacial score (nSPS) is 14.5. The monoisotopic (exact) mass is 230 g/mol. The van der Waals surface area contributed by atoms with Gasteiger partial charge < -0.3 is 4.55 Å². The van der Waals surface area contributed by atoms with E-state index in [1.807, 2.05) is 0 Å². The summed E-state index contributed by atoms with van der Waals surface area (Å²) in [5.41, 5.74) is 0. The molecule has 0 bridgehead atoms. The fourth-order valence-corrected chi connectivity index (χ4v) is 1.99. The summed E-state index contributed by atoms with van der Waals surface area (Å²) in [6.07, 6.45) is -3.81. The van der Waals surface area contributed by atoms with Crippen molar-refractivity contribution in [1.82, 2.24) is 4.98 Å². The Morgan fingerprint density at radius 3 is 2.62 bits per heavy atom. The number of aromatic nitrogens is 1. The summed E-state index contributed by atoms with van der Waals surface area (Å²) in [5.74, 6) is -0.471. The van der Waals surface area contributed by atoms with Crippen molar-refractivity contribution in [3.63, 3.8) is 0 Å². The second-order valence-corrected chi connectivity index (χ2v) is 4.08. The van der Waals surface area contributed by atoms with Gasteiger partial charge in [0.15, 0.2) is 0 Å². The number of hydrogen-bond donors (Lipinski definition) is 0. The van der Waals surface area contributed by atoms with E-state index < -0.39 is 27.9 Å². The Hall–Kier alpha value is -0.470. The van der Waals surface area contributed by atoms with E-state index >= 15 is 0 Å². The third kappa shape index (κ3) is 3.05. The van der Waals surface area contributed by atoms with E-state index in [2.05, 4.69) is 4.98 Å². The molecule has 3 nitrogen and oxygen atoms in total. The summed E-state index contributed by atoms with van der Waals surface area (Å²) < 4.78 is 56.1. The molecule has 0 radical (unpaired) electrons. The smallest absolute Gasteiger partial charge is 0.427 e. The summed E-state index contributed by atoms with van der Waals surface area (Å²) in [5, 5.41) is -0.0549. The lowest BCUT2D eigenvalue weighted by atomic mass is 10.5. The summed E-state index contributed by atoms with van der Waals surface area (Å²) in [4.78, 5) is 2.45. The number of thiazole rings is 1. The predicted octanol–water partition coefficient (Wildman–Crippen LogP) is 1.54. The van der Waals surface area contributed by atoms with E-state index in [0.29, 0.717) is 17.5 Å². The van der Waals surface area contributed by atoms with Gasteiger partial charge in [0.25, 0.3) is 0 Å². The molecule has 0 aliphatic heterocycles. The van der Waals surface area contributed by atoms with E-state index in [1.54, 1.807) is 0 Å². The number of halogens is 3. The van der Waals surface area contributed by atoms with Crippen molar-refractivity contribution in [2.75, 3.05) is 0 Å². The molecule has 0 saturated carbocycles. The van der Waals surface area contributed by atoms with Crippen molar-refractivity contribution >= 4 is 22.4 Å². The molecule has 0 saturated heterocycles. The van der Waals surface area contributed by atoms with Gasteiger partial charge in [0.05, 0.1) is 11.9 Å². The van der Waals surface area contributed by atoms with Gasteiger partial charge in [-0.1, -0.05) is 0 Å². The van der Waals surface area contributed by atoms with Crippen LogP contribution in [0.25, 0.3) is 0 Å². The van der Waals surface area contributed by atoms with Gasteiger partial charge in [0.1, 0.15) is 9.88 Å². The van der Waals surface area contributed by atoms with Crippen LogP contribution in [-0.2, 0) is 23.0 Å². The Kier molecular flexibility index (Phi) is 3.04. The first-order valence-corrected chi connectivity index (χ1v) is 5.03. The summed E-state index contributed by atoms with van der Waals surface area (Å²) in [6, 6.07) is 0. The fourth-order valence-electron chi connectivity index (χ4n) is 0.609. The summed E-state index contributed by atoms with van der Waals surface area (Å²) >= 11 is -2.06. The second-order valence-electron chi connectivity index (χ2n) is 2.06. The number of rotatable bonds is 2. The first kappa shape index (κ1) is 10.6. The van der Waals surface area contributed by atoms with Gasteiger partial charge in [-0.05, 0) is 11.1 Å². The predicted molar refractivity (Wildman–Crippen MR) is 39.7 cm³/mol. The van der Waals surface area contributed by atoms with Crippen molar-refractivity contribution in [2.45, 2.75) is 11.9 Å². The molecule has 1 unspecified atom stereocenters. The van der Waals surface area contributed by atoms with Crippen LogP contribution in [0.4, 0.5) is 13.2 Å². The van der Waals surface area contributed by atoms with Crippen LogP contribution >= 0.6 is 11.3 Å². The molecule has 74 valence electrons. The van der Waals surface area contributed by atoms with E-state index in [-0.39, 0.29) is 5.01 Å². The van der Waals surface area contributed by atoms with Gasteiger partial charge in [-0.25, -0.2) is 4.98 Å². The van der Waals surface area contributed by atoms with Gasteiger partial charge >= 0.3 is 6.18 Å². The fraction of sp³-hybridized carbons (Fsp3) is 0.400. The van der Waals surface area contributed by atoms with E-state index in [4.69, 9.17) is 0 Å². The van der Waals surface area contributed by atoms with Crippen LogP contribution in [-0.4, -0.2) is 13.7 Å². The van der Waals surface area contributed by atoms with Crippen LogP contribution in [0.2, 0.25) is 0 Å². The molecule has 0 spiro atoms. The average molecular weight is 230 g/mol. The minimum Gasteiger partial charge on any atom is -0.772 e. The third-order valence-corrected chi connectivity index (χ3v) is 2.81. The quantitative estimate of drug-likeness (QED) is 0.724. The third-order valence-electron chi connectivity index (χ3n) is 1.07. The molecule has 1 heterocycles. The Labute approximate surface area is 77.9 Å². The van der Waals surface area contributed by atoms with Crippen molar-refractivity contribution in [1.29, 1.82) is 0 Å². The molecule has 0 aromatic carbocycles. The molecular formula is C5H3F3NO2S2-. The molecule has 8 heteroatoms. The molecule has 0 amide bonds. The van der Waals surface area contributed by atoms with Gasteiger partial charge in [0, 0.05) is 0 Å². The lowest BCUT2D eigenvalue weighted by molar-refractivity contribution is -0.134. The molecule has 1 rings (SSSR count). The van der Waals surface area contributed by atoms with Crippen LogP contribution in [0.1, 0.15) is 9.88 Å². The zero-order valence-electron chi connectivity index (χ0n) is 6.00. The highest BCUT2D eigenvalue weighted by molar-refractivity contribution is 7.78. The SMILES string of the molecule is O=S([O-])Cc1ncc(C(F)(F)F)s1. The zero-order chi connectivity index (χ0) is 10.1. The number of alkyl halides is 3. The van der Waals surface area contributed by atoms with Gasteiger partial charge in [0.2, 0.25) is 0 Å². The van der Waals surface area contributed by atoms with Crippen LogP contribution in [0.15, 0.2) is 6.20 Å². The lowest BCUT2D eigenvalue weighted by Gasteiger charge is -2.01. The molecule has 1 atom stereocenters. The molecule has 0 aliphatic carbocycles. The van der Waals surface area contributed by atoms with E-state index in [9.17, 15) is 21.9 Å². The highest BCUT2D eigenvalue weighted by atomic mass is 32.2. The molecule has 13 heavy (non-hydrogen) atoms. The molecule has 1 aromatic rings. The lowest BCUT2D eigenvalue weighted by Crippen LogP contribution is -2.00. The maximum Gasteiger partial charge on any atom is 0.427 e. The first-order chi connectivity index (χ1) is 5.89. The largest absolute Gasteiger partial charge is 0.772 e. The Morgan fingerprint density at radius 2 is 2.23 bits per heavy atom. The standard InChI is InChI=1S/C5H4F3NO2S2/c6-5(7,8)3-1-9-4(12-3)2-13(10)11/h1H,2H2,(H,10,11)/p-1. The number of hydrogen-bond acceptors (Lipinski definition) is 4. The minimum absolute atomic E-state index is 0.0549. The van der Waals surface area contributed by atoms with E-state index in [0.717, 1.165) is 0 Å². The van der Waals surface area contributed by atoms with Crippen LogP contribution in [0.3, 0.4) is 0 Å². The van der Waals surface area contributed by atoms with E-state index in [1.165, 1.54) is 0 Å². The maximum atomic E-state index is 12.0. The topological polar surface area (TPSA) is 53.0 Å². The molecule has 1 aromatic heterocycles. The highest BCUT2D eigenvalue weighted by Gasteiger charge is 2.33. The Morgan fingerprint density at radius 1 is 1.62 bits per heavy atom. The molecule has 0 aliphatic rings. The van der Waals surface area contributed by atoms with Crippen LogP contribution < -0.4 is 0 Å². The molecule has 0 N–H and O–H groups in total. The maximum absolute atomic E-state index is 12.0. The first-order valence-electron chi connectivity index (χ1n) is 2.97. The van der Waals surface area contributed by atoms with Crippen molar-refractivity contribution in [3.8, 4) is 0 Å². The van der Waals surface area contributed by atoms with Crippen LogP contribution in [0.5, 0.6) is 0 Å². The average Bonchev–Trinajstić information content (AvgIpc) is 2.32. The molecular weight excluding hydrogens is 227 g/mol. The molecule has 0 fully saturated rings. The summed E-state index contributed by atoms with van der Waals surface area (Å²) in [6.45, 7) is 0. The van der Waals surface area contributed by atoms with Crippen LogP contribution in [0, 0.1) is 0 Å². The Balaban J connectivity index is 2.81. The van der Waals surface area contributed by atoms with Gasteiger partial charge in [-0.2, -0.15) is 13.2 Å². The van der Waals surface area contributed by atoms with Gasteiger partial charge in [-0.3, -0.25) is 4.21 Å². The van der Waals surface area contributed by atoms with Gasteiger partial charge in [-0.15, -0.1) is 11.3 Å². The Bertz CT molecular complexity index is 322. The minimum atomic E-state index is -4.44. The van der Waals surface area contributed by atoms with Crippen molar-refractivity contribution < 1.29 is 21.9 Å². The summed E-state index contributed by atoms with van der Waals surface area (Å²) in [7, 11) is 0. The van der Waals surface area contributed by atoms with Crippen molar-refractivity contribution in [3.05, 3.63) is 16.1 Å². The second kappa shape index (κ2) is 3.72. The highest BCUT2D eigenvalue weighted by Crippen LogP contribution is 2.33. The number of nitrogens with zero attached hydrogens (tertiary/aromatic N) is 1. The zero-order valence-corrected chi connectivity index (χ0v) is 7.63.